The highest BCUT2D eigenvalue weighted by Gasteiger charge is 2.18. The maximum Gasteiger partial charge on any atom is 0.147 e. The van der Waals surface area contributed by atoms with Crippen molar-refractivity contribution in [3.63, 3.8) is 0 Å². The Bertz CT molecular complexity index is 668. The van der Waals surface area contributed by atoms with Crippen LogP contribution >= 0.6 is 0 Å². The first kappa shape index (κ1) is 13.8. The molecule has 1 aliphatic rings. The van der Waals surface area contributed by atoms with Gasteiger partial charge in [0.25, 0.3) is 0 Å². The lowest BCUT2D eigenvalue weighted by molar-refractivity contribution is 0.380. The summed E-state index contributed by atoms with van der Waals surface area (Å²) in [5, 5.41) is 13.9. The monoisotopic (exact) mass is 280 g/mol. The maximum absolute atomic E-state index is 9.40. The molecule has 0 saturated carbocycles. The van der Waals surface area contributed by atoms with Crippen molar-refractivity contribution in [2.75, 3.05) is 31.6 Å². The number of pyridine rings is 1. The molecule has 108 valence electrons. The van der Waals surface area contributed by atoms with Crippen LogP contribution in [0.25, 0.3) is 10.9 Å². The van der Waals surface area contributed by atoms with E-state index in [1.54, 1.807) is 0 Å². The number of nitrogens with zero attached hydrogens (tertiary/aromatic N) is 3. The third-order valence-corrected chi connectivity index (χ3v) is 4.12. The molecule has 1 saturated heterocycles. The summed E-state index contributed by atoms with van der Waals surface area (Å²) < 4.78 is 0. The molecule has 0 radical (unpaired) electrons. The van der Waals surface area contributed by atoms with Crippen LogP contribution in [0.5, 0.6) is 0 Å². The van der Waals surface area contributed by atoms with Gasteiger partial charge in [-0.25, -0.2) is 4.98 Å². The van der Waals surface area contributed by atoms with Crippen LogP contribution in [0.15, 0.2) is 30.3 Å². The van der Waals surface area contributed by atoms with Crippen molar-refractivity contribution in [1.29, 1.82) is 5.26 Å². The van der Waals surface area contributed by atoms with E-state index < -0.39 is 0 Å². The highest BCUT2D eigenvalue weighted by molar-refractivity contribution is 5.83. The molecule has 1 atom stereocenters. The van der Waals surface area contributed by atoms with Crippen molar-refractivity contribution in [3.8, 4) is 6.07 Å². The van der Waals surface area contributed by atoms with Crippen molar-refractivity contribution in [2.45, 2.75) is 12.8 Å². The summed E-state index contributed by atoms with van der Waals surface area (Å²) >= 11 is 0. The maximum atomic E-state index is 9.40. The molecule has 4 heteroatoms. The van der Waals surface area contributed by atoms with E-state index in [9.17, 15) is 5.26 Å². The van der Waals surface area contributed by atoms with Gasteiger partial charge in [-0.05, 0) is 44.0 Å². The summed E-state index contributed by atoms with van der Waals surface area (Å²) in [5.41, 5.74) is 1.60. The van der Waals surface area contributed by atoms with Crippen LogP contribution in [0.1, 0.15) is 18.4 Å². The van der Waals surface area contributed by atoms with E-state index in [4.69, 9.17) is 4.98 Å². The average Bonchev–Trinajstić information content (AvgIpc) is 2.54. The minimum atomic E-state index is 0.628. The zero-order chi connectivity index (χ0) is 14.7. The molecular formula is C17H20N4. The van der Waals surface area contributed by atoms with Gasteiger partial charge in [-0.2, -0.15) is 5.26 Å². The van der Waals surface area contributed by atoms with Gasteiger partial charge in [0, 0.05) is 19.0 Å². The van der Waals surface area contributed by atoms with Gasteiger partial charge in [-0.15, -0.1) is 0 Å². The molecule has 1 unspecified atom stereocenters. The first-order valence-electron chi connectivity index (χ1n) is 7.49. The summed E-state index contributed by atoms with van der Waals surface area (Å²) in [6.45, 7) is 3.12. The quantitative estimate of drug-likeness (QED) is 0.938. The summed E-state index contributed by atoms with van der Waals surface area (Å²) in [6.07, 6.45) is 2.47. The summed E-state index contributed by atoms with van der Waals surface area (Å²) in [7, 11) is 2.03. The second-order valence-corrected chi connectivity index (χ2v) is 5.76. The second-order valence-electron chi connectivity index (χ2n) is 5.76. The van der Waals surface area contributed by atoms with Gasteiger partial charge in [0.2, 0.25) is 0 Å². The Morgan fingerprint density at radius 1 is 1.43 bits per heavy atom. The highest BCUT2D eigenvalue weighted by atomic mass is 15.2. The van der Waals surface area contributed by atoms with Crippen LogP contribution in [0.3, 0.4) is 0 Å². The Hall–Kier alpha value is -2.12. The minimum Gasteiger partial charge on any atom is -0.358 e. The third-order valence-electron chi connectivity index (χ3n) is 4.12. The van der Waals surface area contributed by atoms with E-state index in [2.05, 4.69) is 16.3 Å². The van der Waals surface area contributed by atoms with Crippen molar-refractivity contribution >= 4 is 16.7 Å². The van der Waals surface area contributed by atoms with E-state index in [0.29, 0.717) is 11.5 Å². The smallest absolute Gasteiger partial charge is 0.147 e. The molecule has 0 amide bonds. The number of nitrogens with one attached hydrogen (secondary N) is 1. The first-order valence-corrected chi connectivity index (χ1v) is 7.49. The van der Waals surface area contributed by atoms with E-state index in [1.807, 2.05) is 37.4 Å². The van der Waals surface area contributed by atoms with Gasteiger partial charge in [-0.3, -0.25) is 0 Å². The molecule has 1 N–H and O–H groups in total. The first-order chi connectivity index (χ1) is 10.3. The Morgan fingerprint density at radius 2 is 2.29 bits per heavy atom. The number of anilines is 1. The Balaban J connectivity index is 1.89. The fourth-order valence-corrected chi connectivity index (χ4v) is 3.03. The molecule has 4 nitrogen and oxygen atoms in total. The van der Waals surface area contributed by atoms with Crippen LogP contribution in [-0.4, -0.2) is 31.7 Å². The predicted octanol–water partition coefficient (Wildman–Crippen LogP) is 2.54. The normalized spacial score (nSPS) is 18.4. The molecule has 1 aromatic carbocycles. The Labute approximate surface area is 125 Å². The lowest BCUT2D eigenvalue weighted by Gasteiger charge is -2.28. The SMILES string of the molecule is CN(CC1CCCNC1)c1nc2ccccc2cc1C#N. The number of benzene rings is 1. The molecule has 0 bridgehead atoms. The molecule has 3 rings (SSSR count). The molecule has 2 heterocycles. The van der Waals surface area contributed by atoms with Gasteiger partial charge in [0.15, 0.2) is 0 Å². The largest absolute Gasteiger partial charge is 0.358 e. The van der Waals surface area contributed by atoms with Crippen molar-refractivity contribution in [3.05, 3.63) is 35.9 Å². The Kier molecular flexibility index (Phi) is 4.03. The molecule has 1 aromatic heterocycles. The molecule has 0 spiro atoms. The van der Waals surface area contributed by atoms with Crippen molar-refractivity contribution < 1.29 is 0 Å². The van der Waals surface area contributed by atoms with E-state index in [0.717, 1.165) is 36.4 Å². The lowest BCUT2D eigenvalue weighted by Crippen LogP contribution is -2.37. The number of para-hydroxylation sites is 1. The van der Waals surface area contributed by atoms with Crippen LogP contribution in [-0.2, 0) is 0 Å². The number of fused-ring (bicyclic) bond motifs is 1. The number of nitriles is 1. The molecule has 0 aliphatic carbocycles. The van der Waals surface area contributed by atoms with Crippen LogP contribution in [0, 0.1) is 17.2 Å². The topological polar surface area (TPSA) is 52.0 Å². The zero-order valence-corrected chi connectivity index (χ0v) is 12.3. The highest BCUT2D eigenvalue weighted by Crippen LogP contribution is 2.23. The van der Waals surface area contributed by atoms with Gasteiger partial charge >= 0.3 is 0 Å². The summed E-state index contributed by atoms with van der Waals surface area (Å²) in [5.74, 6) is 1.42. The predicted molar refractivity (Wildman–Crippen MR) is 85.3 cm³/mol. The average molecular weight is 280 g/mol. The Morgan fingerprint density at radius 3 is 3.05 bits per heavy atom. The van der Waals surface area contributed by atoms with Crippen LogP contribution in [0.2, 0.25) is 0 Å². The second kappa shape index (κ2) is 6.11. The van der Waals surface area contributed by atoms with Crippen LogP contribution < -0.4 is 10.2 Å². The molecule has 2 aromatic rings. The van der Waals surface area contributed by atoms with Gasteiger partial charge in [0.1, 0.15) is 11.9 Å². The fourth-order valence-electron chi connectivity index (χ4n) is 3.03. The minimum absolute atomic E-state index is 0.628. The summed E-state index contributed by atoms with van der Waals surface area (Å²) in [4.78, 5) is 6.82. The summed E-state index contributed by atoms with van der Waals surface area (Å²) in [6, 6.07) is 12.2. The fraction of sp³-hybridized carbons (Fsp3) is 0.412. The number of piperidine rings is 1. The van der Waals surface area contributed by atoms with E-state index in [1.165, 1.54) is 12.8 Å². The third kappa shape index (κ3) is 2.98. The van der Waals surface area contributed by atoms with E-state index in [-0.39, 0.29) is 0 Å². The molecule has 21 heavy (non-hydrogen) atoms. The van der Waals surface area contributed by atoms with Crippen LogP contribution in [0.4, 0.5) is 5.82 Å². The number of hydrogen-bond donors (Lipinski definition) is 1. The van der Waals surface area contributed by atoms with E-state index >= 15 is 0 Å². The number of hydrogen-bond acceptors (Lipinski definition) is 4. The van der Waals surface area contributed by atoms with Gasteiger partial charge < -0.3 is 10.2 Å². The molecule has 1 aliphatic heterocycles. The lowest BCUT2D eigenvalue weighted by atomic mass is 9.99. The van der Waals surface area contributed by atoms with Crippen molar-refractivity contribution in [2.24, 2.45) is 5.92 Å². The zero-order valence-electron chi connectivity index (χ0n) is 12.3. The number of aromatic nitrogens is 1. The molecule has 1 fully saturated rings. The molecular weight excluding hydrogens is 260 g/mol. The number of rotatable bonds is 3. The van der Waals surface area contributed by atoms with Gasteiger partial charge in [-0.1, -0.05) is 18.2 Å². The standard InChI is InChI=1S/C17H20N4/c1-21(12-13-5-4-8-19-11-13)17-15(10-18)9-14-6-2-3-7-16(14)20-17/h2-3,6-7,9,13,19H,4-5,8,11-12H2,1H3. The van der Waals surface area contributed by atoms with Gasteiger partial charge in [0.05, 0.1) is 11.1 Å². The van der Waals surface area contributed by atoms with Crippen molar-refractivity contribution in [1.82, 2.24) is 10.3 Å².